The van der Waals surface area contributed by atoms with E-state index in [-0.39, 0.29) is 36.0 Å². The summed E-state index contributed by atoms with van der Waals surface area (Å²) in [5.41, 5.74) is 2.09. The molecule has 0 bridgehead atoms. The van der Waals surface area contributed by atoms with Gasteiger partial charge in [-0.05, 0) is 43.9 Å². The van der Waals surface area contributed by atoms with Crippen LogP contribution in [0, 0.1) is 0 Å². The Morgan fingerprint density at radius 3 is 2.76 bits per heavy atom. The number of aliphatic imine (C=N–C) groups is 1. The third-order valence-corrected chi connectivity index (χ3v) is 4.95. The fourth-order valence-electron chi connectivity index (χ4n) is 3.45. The highest BCUT2D eigenvalue weighted by Gasteiger charge is 2.21. The predicted molar refractivity (Wildman–Crippen MR) is 126 cm³/mol. The van der Waals surface area contributed by atoms with Gasteiger partial charge < -0.3 is 25.0 Å². The van der Waals surface area contributed by atoms with Gasteiger partial charge in [0.2, 0.25) is 5.91 Å². The summed E-state index contributed by atoms with van der Waals surface area (Å²) in [7, 11) is 0. The monoisotopic (exact) mass is 516 g/mol. The zero-order valence-electron chi connectivity index (χ0n) is 17.2. The van der Waals surface area contributed by atoms with E-state index in [1.165, 1.54) is 0 Å². The smallest absolute Gasteiger partial charge is 0.227 e. The van der Waals surface area contributed by atoms with Crippen molar-refractivity contribution < 1.29 is 14.3 Å². The summed E-state index contributed by atoms with van der Waals surface area (Å²) in [5, 5.41) is 6.55. The average molecular weight is 516 g/mol. The van der Waals surface area contributed by atoms with Crippen molar-refractivity contribution in [3.8, 4) is 0 Å². The van der Waals surface area contributed by atoms with E-state index in [0.29, 0.717) is 32.7 Å². The number of benzene rings is 1. The number of carbonyl (C=O) groups excluding carboxylic acids is 1. The molecule has 2 aliphatic rings. The van der Waals surface area contributed by atoms with E-state index in [2.05, 4.69) is 15.6 Å². The summed E-state index contributed by atoms with van der Waals surface area (Å²) in [6.45, 7) is 7.11. The van der Waals surface area contributed by atoms with Crippen molar-refractivity contribution in [2.24, 2.45) is 4.99 Å². The number of anilines is 1. The molecule has 2 heterocycles. The summed E-state index contributed by atoms with van der Waals surface area (Å²) < 4.78 is 11.2. The average Bonchev–Trinajstić information content (AvgIpc) is 3.38. The lowest BCUT2D eigenvalue weighted by molar-refractivity contribution is -0.117. The van der Waals surface area contributed by atoms with E-state index in [4.69, 9.17) is 9.47 Å². The van der Waals surface area contributed by atoms with Gasteiger partial charge in [0.15, 0.2) is 5.96 Å². The lowest BCUT2D eigenvalue weighted by Crippen LogP contribution is -2.39. The first-order valence-electron chi connectivity index (χ1n) is 10.4. The second-order valence-corrected chi connectivity index (χ2v) is 7.15. The number of rotatable bonds is 9. The normalized spacial score (nSPS) is 19.3. The molecule has 3 rings (SSSR count). The summed E-state index contributed by atoms with van der Waals surface area (Å²) in [6, 6.07) is 8.10. The van der Waals surface area contributed by atoms with Crippen LogP contribution in [-0.4, -0.2) is 57.4 Å². The maximum Gasteiger partial charge on any atom is 0.227 e. The summed E-state index contributed by atoms with van der Waals surface area (Å²) in [4.78, 5) is 18.3. The minimum absolute atomic E-state index is 0. The molecular formula is C21H33IN4O3. The molecular weight excluding hydrogens is 483 g/mol. The fourth-order valence-corrected chi connectivity index (χ4v) is 3.45. The van der Waals surface area contributed by atoms with Crippen LogP contribution in [0.25, 0.3) is 0 Å². The summed E-state index contributed by atoms with van der Waals surface area (Å²) in [6.07, 6.45) is 4.10. The van der Waals surface area contributed by atoms with Gasteiger partial charge in [0.1, 0.15) is 0 Å². The molecule has 2 aliphatic heterocycles. The molecule has 0 aliphatic carbocycles. The maximum atomic E-state index is 11.8. The van der Waals surface area contributed by atoms with Crippen LogP contribution in [0.15, 0.2) is 29.3 Å². The second kappa shape index (κ2) is 13.0. The third-order valence-electron chi connectivity index (χ3n) is 4.95. The van der Waals surface area contributed by atoms with E-state index in [9.17, 15) is 4.79 Å². The Labute approximate surface area is 190 Å². The van der Waals surface area contributed by atoms with E-state index in [1.54, 1.807) is 0 Å². The van der Waals surface area contributed by atoms with Gasteiger partial charge in [-0.25, -0.2) is 4.99 Å². The van der Waals surface area contributed by atoms with Crippen molar-refractivity contribution in [2.45, 2.75) is 45.3 Å². The highest BCUT2D eigenvalue weighted by molar-refractivity contribution is 14.0. The van der Waals surface area contributed by atoms with Gasteiger partial charge in [-0.3, -0.25) is 4.79 Å². The molecule has 0 saturated carbocycles. The minimum Gasteiger partial charge on any atom is -0.377 e. The largest absolute Gasteiger partial charge is 0.377 e. The van der Waals surface area contributed by atoms with Crippen LogP contribution in [0.2, 0.25) is 0 Å². The van der Waals surface area contributed by atoms with Gasteiger partial charge in [0.05, 0.1) is 25.9 Å². The van der Waals surface area contributed by atoms with E-state index in [0.717, 1.165) is 56.2 Å². The number of nitrogens with one attached hydrogen (secondary N) is 2. The Bertz CT molecular complexity index is 648. The molecule has 1 unspecified atom stereocenters. The van der Waals surface area contributed by atoms with Gasteiger partial charge in [-0.1, -0.05) is 12.1 Å². The molecule has 7 nitrogen and oxygen atoms in total. The van der Waals surface area contributed by atoms with Crippen molar-refractivity contribution in [3.63, 3.8) is 0 Å². The van der Waals surface area contributed by atoms with E-state index < -0.39 is 0 Å². The predicted octanol–water partition coefficient (Wildman–Crippen LogP) is 2.68. The van der Waals surface area contributed by atoms with E-state index in [1.807, 2.05) is 36.1 Å². The number of halogens is 1. The number of hydrogen-bond acceptors (Lipinski definition) is 4. The van der Waals surface area contributed by atoms with Gasteiger partial charge >= 0.3 is 0 Å². The Balaban J connectivity index is 0.00000300. The lowest BCUT2D eigenvalue weighted by atomic mass is 10.2. The molecule has 2 N–H and O–H groups in total. The van der Waals surface area contributed by atoms with Crippen molar-refractivity contribution in [3.05, 3.63) is 29.8 Å². The van der Waals surface area contributed by atoms with Crippen molar-refractivity contribution in [1.29, 1.82) is 0 Å². The number of hydrogen-bond donors (Lipinski definition) is 2. The molecule has 1 aromatic carbocycles. The highest BCUT2D eigenvalue weighted by Crippen LogP contribution is 2.21. The standard InChI is InChI=1S/C21H32N4O3.HI/c1-2-22-21(23-11-14-27-16-19-5-4-13-28-19)24-15-17-7-9-18(10-8-17)25-12-3-6-20(25)26;/h7-10,19H,2-6,11-16H2,1H3,(H2,22,23,24);1H. The van der Waals surface area contributed by atoms with Gasteiger partial charge in [-0.2, -0.15) is 0 Å². The number of guanidine groups is 1. The molecule has 1 aromatic rings. The van der Waals surface area contributed by atoms with Crippen LogP contribution >= 0.6 is 24.0 Å². The molecule has 8 heteroatoms. The van der Waals surface area contributed by atoms with Gasteiger partial charge in [0, 0.05) is 38.3 Å². The summed E-state index contributed by atoms with van der Waals surface area (Å²) in [5.74, 6) is 0.994. The molecule has 1 amide bonds. The van der Waals surface area contributed by atoms with Crippen LogP contribution in [0.1, 0.15) is 38.2 Å². The molecule has 29 heavy (non-hydrogen) atoms. The first-order chi connectivity index (χ1) is 13.8. The lowest BCUT2D eigenvalue weighted by Gasteiger charge is -2.16. The molecule has 2 saturated heterocycles. The third kappa shape index (κ3) is 7.75. The zero-order chi connectivity index (χ0) is 19.6. The second-order valence-electron chi connectivity index (χ2n) is 7.15. The van der Waals surface area contributed by atoms with Crippen molar-refractivity contribution >= 4 is 41.5 Å². The van der Waals surface area contributed by atoms with Crippen LogP contribution in [0.3, 0.4) is 0 Å². The van der Waals surface area contributed by atoms with Crippen LogP contribution in [0.4, 0.5) is 5.69 Å². The number of nitrogens with zero attached hydrogens (tertiary/aromatic N) is 2. The number of amides is 1. The molecule has 0 aromatic heterocycles. The minimum atomic E-state index is 0. The Morgan fingerprint density at radius 2 is 2.10 bits per heavy atom. The Morgan fingerprint density at radius 1 is 1.28 bits per heavy atom. The van der Waals surface area contributed by atoms with Gasteiger partial charge in [0.25, 0.3) is 0 Å². The van der Waals surface area contributed by atoms with Crippen LogP contribution in [0.5, 0.6) is 0 Å². The SMILES string of the molecule is CCNC(=NCc1ccc(N2CCCC2=O)cc1)NCCOCC1CCCO1.I. The van der Waals surface area contributed by atoms with E-state index >= 15 is 0 Å². The molecule has 162 valence electrons. The van der Waals surface area contributed by atoms with Crippen molar-refractivity contribution in [1.82, 2.24) is 10.6 Å². The quantitative estimate of drug-likeness (QED) is 0.229. The van der Waals surface area contributed by atoms with Crippen LogP contribution in [-0.2, 0) is 20.8 Å². The maximum absolute atomic E-state index is 11.8. The Kier molecular flexibility index (Phi) is 10.7. The number of ether oxygens (including phenoxy) is 2. The molecule has 0 spiro atoms. The molecule has 2 fully saturated rings. The first-order valence-corrected chi connectivity index (χ1v) is 10.4. The first kappa shape index (κ1) is 23.9. The fraction of sp³-hybridized carbons (Fsp3) is 0.619. The zero-order valence-corrected chi connectivity index (χ0v) is 19.5. The number of carbonyl (C=O) groups is 1. The molecule has 0 radical (unpaired) electrons. The highest BCUT2D eigenvalue weighted by atomic mass is 127. The van der Waals surface area contributed by atoms with Crippen LogP contribution < -0.4 is 15.5 Å². The topological polar surface area (TPSA) is 75.2 Å². The Hall–Kier alpha value is -1.39. The summed E-state index contributed by atoms with van der Waals surface area (Å²) >= 11 is 0. The van der Waals surface area contributed by atoms with Gasteiger partial charge in [-0.15, -0.1) is 24.0 Å². The molecule has 1 atom stereocenters. The van der Waals surface area contributed by atoms with Crippen molar-refractivity contribution in [2.75, 3.05) is 44.4 Å².